The van der Waals surface area contributed by atoms with Crippen molar-refractivity contribution in [3.63, 3.8) is 0 Å². The Morgan fingerprint density at radius 2 is 1.96 bits per heavy atom. The summed E-state index contributed by atoms with van der Waals surface area (Å²) in [5.41, 5.74) is 4.48. The van der Waals surface area contributed by atoms with Crippen molar-refractivity contribution < 1.29 is 47.9 Å². The maximum Gasteiger partial charge on any atom is 0.330 e. The number of aromatic nitrogens is 2. The first kappa shape index (κ1) is 37.6. The third-order valence-corrected chi connectivity index (χ3v) is 9.28. The summed E-state index contributed by atoms with van der Waals surface area (Å²) in [7, 11) is 0. The quantitative estimate of drug-likeness (QED) is 0.159. The third kappa shape index (κ3) is 8.63. The lowest BCUT2D eigenvalue weighted by molar-refractivity contribution is -0.239. The zero-order valence-electron chi connectivity index (χ0n) is 28.8. The first-order chi connectivity index (χ1) is 23.8. The van der Waals surface area contributed by atoms with Crippen LogP contribution in [-0.4, -0.2) is 100 Å². The number of nitrogens with one attached hydrogen (secondary N) is 3. The minimum atomic E-state index is -1.61. The van der Waals surface area contributed by atoms with Crippen LogP contribution in [0, 0.1) is 5.92 Å². The number of primary amides is 1. The van der Waals surface area contributed by atoms with Gasteiger partial charge in [-0.3, -0.25) is 28.7 Å². The summed E-state index contributed by atoms with van der Waals surface area (Å²) in [6, 6.07) is 0.313. The number of ether oxygens (including phenoxy) is 6. The number of carbonyl (C=O) groups excluding carboxylic acids is 3. The molecule has 0 unspecified atom stereocenters. The molecule has 1 aromatic rings. The van der Waals surface area contributed by atoms with Gasteiger partial charge in [-0.05, 0) is 52.5 Å². The van der Waals surface area contributed by atoms with Crippen molar-refractivity contribution in [3.8, 4) is 0 Å². The first-order valence-electron chi connectivity index (χ1n) is 17.3. The van der Waals surface area contributed by atoms with Gasteiger partial charge in [0.05, 0.1) is 6.61 Å². The molecular formula is C33H49N5O12. The van der Waals surface area contributed by atoms with Gasteiger partial charge < -0.3 is 49.9 Å². The lowest BCUT2D eigenvalue weighted by Gasteiger charge is -2.35. The minimum absolute atomic E-state index is 0.0286. The van der Waals surface area contributed by atoms with Gasteiger partial charge in [0.2, 0.25) is 18.1 Å². The standard InChI is InChI=1S/C33H49N5O12/c1-5-6-7-8-14-45-24-18(16-39)23(47-30(24)38-13-12-22(40)37-32(38)44)26(27(34)41)48-31-25-20(49-33(3,4)50-25)15-21(46-31)29(43)36-19-11-9-10-17(2)35-28(19)42/h12-13,15,17-20,23-26,30-31,39H,5-11,14,16H2,1-4H3,(H2,34,41)(H,35,42)(H,36,43)(H,37,40,44)/t17-,18-,19+,20+,23+,24-,25+,26-,30-,31-/m1/s1. The normalized spacial score (nSPS) is 32.6. The van der Waals surface area contributed by atoms with Crippen molar-refractivity contribution in [2.75, 3.05) is 13.2 Å². The number of hydrogen-bond donors (Lipinski definition) is 5. The number of rotatable bonds is 14. The predicted molar refractivity (Wildman–Crippen MR) is 174 cm³/mol. The number of aromatic amines is 1. The van der Waals surface area contributed by atoms with Crippen LogP contribution in [-0.2, 0) is 42.8 Å². The molecule has 4 aliphatic heterocycles. The Morgan fingerprint density at radius 1 is 1.18 bits per heavy atom. The van der Waals surface area contributed by atoms with E-state index < -0.39 is 90.5 Å². The molecular weight excluding hydrogens is 658 g/mol. The van der Waals surface area contributed by atoms with Gasteiger partial charge in [-0.2, -0.15) is 0 Å². The molecule has 4 aliphatic rings. The van der Waals surface area contributed by atoms with Crippen LogP contribution in [0.15, 0.2) is 33.7 Å². The maximum absolute atomic E-state index is 13.5. The number of fused-ring (bicyclic) bond motifs is 1. The summed E-state index contributed by atoms with van der Waals surface area (Å²) in [6.07, 6.45) is -0.140. The Kier molecular flexibility index (Phi) is 12.2. The molecule has 0 spiro atoms. The number of H-pyrrole nitrogens is 1. The largest absolute Gasteiger partial charge is 0.456 e. The highest BCUT2D eigenvalue weighted by Crippen LogP contribution is 2.41. The van der Waals surface area contributed by atoms with E-state index in [9.17, 15) is 29.1 Å². The van der Waals surface area contributed by atoms with E-state index in [2.05, 4.69) is 22.5 Å². The van der Waals surface area contributed by atoms with Crippen LogP contribution in [0.5, 0.6) is 0 Å². The summed E-state index contributed by atoms with van der Waals surface area (Å²) in [4.78, 5) is 66.2. The van der Waals surface area contributed by atoms with E-state index in [0.717, 1.165) is 42.7 Å². The molecule has 50 heavy (non-hydrogen) atoms. The number of hydrogen-bond acceptors (Lipinski definition) is 12. The van der Waals surface area contributed by atoms with Crippen LogP contribution in [0.1, 0.15) is 78.9 Å². The fraction of sp³-hybridized carbons (Fsp3) is 0.727. The molecule has 17 nitrogen and oxygen atoms in total. The van der Waals surface area contributed by atoms with Gasteiger partial charge in [0, 0.05) is 30.8 Å². The molecule has 1 aromatic heterocycles. The molecule has 278 valence electrons. The Hall–Kier alpha value is -3.61. The summed E-state index contributed by atoms with van der Waals surface area (Å²) in [6.45, 7) is 7.01. The van der Waals surface area contributed by atoms with Crippen LogP contribution in [0.3, 0.4) is 0 Å². The molecule has 5 heterocycles. The van der Waals surface area contributed by atoms with Crippen LogP contribution in [0.2, 0.25) is 0 Å². The first-order valence-corrected chi connectivity index (χ1v) is 17.3. The Morgan fingerprint density at radius 3 is 2.66 bits per heavy atom. The molecule has 0 saturated carbocycles. The fourth-order valence-corrected chi connectivity index (χ4v) is 6.81. The van der Waals surface area contributed by atoms with Crippen molar-refractivity contribution in [1.82, 2.24) is 20.2 Å². The van der Waals surface area contributed by atoms with E-state index >= 15 is 0 Å². The third-order valence-electron chi connectivity index (χ3n) is 9.28. The molecule has 3 amide bonds. The van der Waals surface area contributed by atoms with E-state index in [1.165, 1.54) is 12.3 Å². The van der Waals surface area contributed by atoms with Crippen molar-refractivity contribution in [1.29, 1.82) is 0 Å². The molecule has 3 saturated heterocycles. The SMILES string of the molecule is CCCCCCO[C@@H]1[C@H](CO)[C@@H]([C@@H](O[C@H]2OC(C(=O)N[C@H]3CCC[C@@H](C)NC3=O)=C[C@@H]3OC(C)(C)O[C@H]23)C(N)=O)O[C@H]1n1ccc(=O)[nH]c1=O. The number of unbranched alkanes of at least 4 members (excludes halogenated alkanes) is 3. The number of nitrogens with two attached hydrogens (primary N) is 1. The average Bonchev–Trinajstić information content (AvgIpc) is 3.52. The van der Waals surface area contributed by atoms with Crippen molar-refractivity contribution >= 4 is 17.7 Å². The molecule has 5 rings (SSSR count). The number of nitrogens with zero attached hydrogens (tertiary/aromatic N) is 1. The Bertz CT molecular complexity index is 1530. The van der Waals surface area contributed by atoms with Crippen molar-refractivity contribution in [2.24, 2.45) is 11.7 Å². The van der Waals surface area contributed by atoms with E-state index in [-0.39, 0.29) is 24.3 Å². The van der Waals surface area contributed by atoms with Crippen molar-refractivity contribution in [3.05, 3.63) is 44.9 Å². The summed E-state index contributed by atoms with van der Waals surface area (Å²) in [5, 5.41) is 16.2. The summed E-state index contributed by atoms with van der Waals surface area (Å²) in [5.74, 6) is -4.29. The van der Waals surface area contributed by atoms with E-state index in [1.807, 2.05) is 6.92 Å². The number of aliphatic hydroxyl groups is 1. The highest BCUT2D eigenvalue weighted by molar-refractivity contribution is 5.95. The summed E-state index contributed by atoms with van der Waals surface area (Å²) >= 11 is 0. The van der Waals surface area contributed by atoms with Gasteiger partial charge in [0.15, 0.2) is 30.0 Å². The molecule has 0 radical (unpaired) electrons. The molecule has 0 bridgehead atoms. The van der Waals surface area contributed by atoms with Gasteiger partial charge in [-0.25, -0.2) is 4.79 Å². The van der Waals surface area contributed by atoms with Gasteiger partial charge in [0.25, 0.3) is 11.5 Å². The van der Waals surface area contributed by atoms with Crippen LogP contribution in [0.4, 0.5) is 0 Å². The van der Waals surface area contributed by atoms with Crippen LogP contribution < -0.4 is 27.6 Å². The monoisotopic (exact) mass is 707 g/mol. The van der Waals surface area contributed by atoms with Crippen LogP contribution in [0.25, 0.3) is 0 Å². The van der Waals surface area contributed by atoms with E-state index in [1.54, 1.807) is 13.8 Å². The Balaban J connectivity index is 1.40. The molecule has 0 aromatic carbocycles. The smallest absolute Gasteiger partial charge is 0.330 e. The second kappa shape index (κ2) is 16.2. The second-order valence-electron chi connectivity index (χ2n) is 13.7. The van der Waals surface area contributed by atoms with Crippen molar-refractivity contribution in [2.45, 2.75) is 134 Å². The average molecular weight is 708 g/mol. The van der Waals surface area contributed by atoms with Gasteiger partial charge in [-0.1, -0.05) is 26.2 Å². The molecule has 6 N–H and O–H groups in total. The highest BCUT2D eigenvalue weighted by Gasteiger charge is 2.55. The lowest BCUT2D eigenvalue weighted by atomic mass is 9.94. The molecule has 3 fully saturated rings. The van der Waals surface area contributed by atoms with E-state index in [0.29, 0.717) is 12.8 Å². The topological polar surface area (TPSA) is 232 Å². The number of aliphatic hydroxyl groups excluding tert-OH is 1. The Labute approximate surface area is 289 Å². The highest BCUT2D eigenvalue weighted by atomic mass is 16.8. The fourth-order valence-electron chi connectivity index (χ4n) is 6.81. The van der Waals surface area contributed by atoms with Crippen LogP contribution >= 0.6 is 0 Å². The van der Waals surface area contributed by atoms with E-state index in [4.69, 9.17) is 34.2 Å². The lowest BCUT2D eigenvalue weighted by Crippen LogP contribution is -2.53. The number of amides is 3. The zero-order valence-corrected chi connectivity index (χ0v) is 28.8. The maximum atomic E-state index is 13.5. The molecule has 10 atom stereocenters. The van der Waals surface area contributed by atoms with Gasteiger partial charge in [-0.15, -0.1) is 0 Å². The summed E-state index contributed by atoms with van der Waals surface area (Å²) < 4.78 is 37.8. The number of carbonyl (C=O) groups is 3. The molecule has 17 heteroatoms. The predicted octanol–water partition coefficient (Wildman–Crippen LogP) is -0.188. The molecule has 0 aliphatic carbocycles. The second-order valence-corrected chi connectivity index (χ2v) is 13.7. The van der Waals surface area contributed by atoms with Gasteiger partial charge in [0.1, 0.15) is 24.4 Å². The van der Waals surface area contributed by atoms with Gasteiger partial charge >= 0.3 is 5.69 Å². The minimum Gasteiger partial charge on any atom is -0.456 e. The zero-order chi connectivity index (χ0) is 36.2.